The van der Waals surface area contributed by atoms with Crippen molar-refractivity contribution in [3.8, 4) is 11.5 Å². The molecule has 1 saturated heterocycles. The molecule has 1 aliphatic rings. The van der Waals surface area contributed by atoms with Crippen LogP contribution in [0, 0.1) is 6.92 Å². The van der Waals surface area contributed by atoms with E-state index in [9.17, 15) is 14.4 Å². The molecule has 156 valence electrons. The quantitative estimate of drug-likeness (QED) is 0.428. The third kappa shape index (κ3) is 4.78. The van der Waals surface area contributed by atoms with E-state index in [2.05, 4.69) is 10.1 Å². The largest absolute Gasteiger partial charge is 0.493 e. The van der Waals surface area contributed by atoms with Crippen molar-refractivity contribution in [1.29, 1.82) is 0 Å². The number of ether oxygens (including phenoxy) is 3. The van der Waals surface area contributed by atoms with E-state index in [-0.39, 0.29) is 18.8 Å². The number of aryl methyl sites for hydroxylation is 1. The zero-order chi connectivity index (χ0) is 21.7. The van der Waals surface area contributed by atoms with Gasteiger partial charge in [-0.15, -0.1) is 0 Å². The highest BCUT2D eigenvalue weighted by Gasteiger charge is 2.33. The lowest BCUT2D eigenvalue weighted by Gasteiger charge is -2.12. The number of methoxy groups -OCH3 is 2. The number of benzene rings is 2. The Morgan fingerprint density at radius 3 is 2.60 bits per heavy atom. The number of carbonyl (C=O) groups excluding carboxylic acids is 3. The molecule has 1 fully saturated rings. The second-order valence-corrected chi connectivity index (χ2v) is 6.64. The van der Waals surface area contributed by atoms with Crippen molar-refractivity contribution in [3.63, 3.8) is 0 Å². The molecule has 2 aromatic carbocycles. The van der Waals surface area contributed by atoms with Gasteiger partial charge < -0.3 is 19.5 Å². The molecule has 2 aromatic rings. The first-order valence-corrected chi connectivity index (χ1v) is 9.19. The fourth-order valence-electron chi connectivity index (χ4n) is 2.96. The van der Waals surface area contributed by atoms with Gasteiger partial charge in [-0.05, 0) is 36.3 Å². The molecule has 0 bridgehead atoms. The second kappa shape index (κ2) is 9.13. The molecule has 1 N–H and O–H groups in total. The van der Waals surface area contributed by atoms with E-state index in [4.69, 9.17) is 9.47 Å². The number of urea groups is 1. The minimum atomic E-state index is -0.517. The van der Waals surface area contributed by atoms with Gasteiger partial charge >= 0.3 is 12.0 Å². The van der Waals surface area contributed by atoms with E-state index in [1.165, 1.54) is 14.2 Å². The summed E-state index contributed by atoms with van der Waals surface area (Å²) in [6, 6.07) is 12.1. The van der Waals surface area contributed by atoms with Crippen LogP contribution in [0.4, 0.5) is 4.79 Å². The molecule has 8 heteroatoms. The highest BCUT2D eigenvalue weighted by Crippen LogP contribution is 2.29. The van der Waals surface area contributed by atoms with Crippen molar-refractivity contribution in [3.05, 3.63) is 64.9 Å². The molecule has 1 heterocycles. The molecule has 0 aliphatic carbocycles. The predicted molar refractivity (Wildman–Crippen MR) is 109 cm³/mol. The molecular formula is C22H22N2O6. The second-order valence-electron chi connectivity index (χ2n) is 6.64. The maximum absolute atomic E-state index is 12.7. The summed E-state index contributed by atoms with van der Waals surface area (Å²) in [6.07, 6.45) is 1.56. The zero-order valence-corrected chi connectivity index (χ0v) is 16.9. The van der Waals surface area contributed by atoms with Crippen LogP contribution >= 0.6 is 0 Å². The van der Waals surface area contributed by atoms with Gasteiger partial charge in [-0.2, -0.15) is 0 Å². The van der Waals surface area contributed by atoms with Crippen molar-refractivity contribution in [2.75, 3.05) is 20.8 Å². The summed E-state index contributed by atoms with van der Waals surface area (Å²) < 4.78 is 15.2. The molecule has 30 heavy (non-hydrogen) atoms. The van der Waals surface area contributed by atoms with Gasteiger partial charge in [0.05, 0.1) is 20.8 Å². The summed E-state index contributed by atoms with van der Waals surface area (Å²) in [7, 11) is 2.73. The van der Waals surface area contributed by atoms with Crippen LogP contribution < -0.4 is 14.8 Å². The average molecular weight is 410 g/mol. The first-order chi connectivity index (χ1) is 14.4. The van der Waals surface area contributed by atoms with E-state index in [1.54, 1.807) is 24.3 Å². The van der Waals surface area contributed by atoms with E-state index >= 15 is 0 Å². The average Bonchev–Trinajstić information content (AvgIpc) is 2.99. The van der Waals surface area contributed by atoms with Crippen LogP contribution in [-0.2, 0) is 20.9 Å². The number of amides is 3. The third-order valence-corrected chi connectivity index (χ3v) is 4.46. The molecule has 0 atom stereocenters. The number of imide groups is 1. The summed E-state index contributed by atoms with van der Waals surface area (Å²) >= 11 is 0. The number of rotatable bonds is 7. The molecule has 0 unspecified atom stereocenters. The Balaban J connectivity index is 1.77. The summed E-state index contributed by atoms with van der Waals surface area (Å²) in [5.74, 6) is -0.197. The van der Waals surface area contributed by atoms with Gasteiger partial charge in [-0.25, -0.2) is 9.59 Å². The van der Waals surface area contributed by atoms with Gasteiger partial charge in [-0.3, -0.25) is 9.69 Å². The molecular weight excluding hydrogens is 388 g/mol. The first kappa shape index (κ1) is 20.9. The zero-order valence-electron chi connectivity index (χ0n) is 16.9. The van der Waals surface area contributed by atoms with Crippen LogP contribution in [0.5, 0.6) is 11.5 Å². The van der Waals surface area contributed by atoms with Crippen LogP contribution in [0.3, 0.4) is 0 Å². The van der Waals surface area contributed by atoms with Crippen molar-refractivity contribution >= 4 is 24.0 Å². The van der Waals surface area contributed by atoms with Gasteiger partial charge in [-0.1, -0.05) is 35.9 Å². The van der Waals surface area contributed by atoms with E-state index in [0.29, 0.717) is 17.1 Å². The number of carbonyl (C=O) groups is 3. The maximum Gasteiger partial charge on any atom is 0.343 e. The van der Waals surface area contributed by atoms with Crippen molar-refractivity contribution < 1.29 is 28.6 Å². The Bertz CT molecular complexity index is 1010. The summed E-state index contributed by atoms with van der Waals surface area (Å²) in [5.41, 5.74) is 2.71. The van der Waals surface area contributed by atoms with E-state index < -0.39 is 17.9 Å². The minimum absolute atomic E-state index is 0.165. The highest BCUT2D eigenvalue weighted by molar-refractivity contribution is 6.13. The molecule has 0 spiro atoms. The normalized spacial score (nSPS) is 14.6. The Hall–Kier alpha value is -3.81. The molecule has 0 radical (unpaired) electrons. The lowest BCUT2D eigenvalue weighted by atomic mass is 10.1. The van der Waals surface area contributed by atoms with Gasteiger partial charge in [0.2, 0.25) is 0 Å². The monoisotopic (exact) mass is 410 g/mol. The maximum atomic E-state index is 12.7. The SMILES string of the molecule is COC(=O)COc1ccc(/C=C2/NC(=O)N(Cc3cccc(C)c3)C2=O)cc1OC. The van der Waals surface area contributed by atoms with Crippen molar-refractivity contribution in [2.45, 2.75) is 13.5 Å². The molecule has 0 aromatic heterocycles. The molecule has 8 nitrogen and oxygen atoms in total. The van der Waals surface area contributed by atoms with Crippen LogP contribution in [0.15, 0.2) is 48.2 Å². The fourth-order valence-corrected chi connectivity index (χ4v) is 2.96. The number of hydrogen-bond acceptors (Lipinski definition) is 6. The number of hydrogen-bond donors (Lipinski definition) is 1. The fraction of sp³-hybridized carbons (Fsp3) is 0.227. The molecule has 1 aliphatic heterocycles. The van der Waals surface area contributed by atoms with Crippen LogP contribution in [0.2, 0.25) is 0 Å². The van der Waals surface area contributed by atoms with Crippen LogP contribution in [0.1, 0.15) is 16.7 Å². The summed E-state index contributed by atoms with van der Waals surface area (Å²) in [5, 5.41) is 2.60. The molecule has 3 amide bonds. The number of nitrogens with one attached hydrogen (secondary N) is 1. The Morgan fingerprint density at radius 1 is 1.10 bits per heavy atom. The predicted octanol–water partition coefficient (Wildman–Crippen LogP) is 2.65. The summed E-state index contributed by atoms with van der Waals surface area (Å²) in [4.78, 5) is 37.4. The van der Waals surface area contributed by atoms with Gasteiger partial charge in [0.1, 0.15) is 5.70 Å². The Morgan fingerprint density at radius 2 is 1.90 bits per heavy atom. The number of nitrogens with zero attached hydrogens (tertiary/aromatic N) is 1. The van der Waals surface area contributed by atoms with Gasteiger partial charge in [0, 0.05) is 0 Å². The van der Waals surface area contributed by atoms with Gasteiger partial charge in [0.25, 0.3) is 5.91 Å². The Kier molecular flexibility index (Phi) is 6.36. The molecule has 3 rings (SSSR count). The van der Waals surface area contributed by atoms with Crippen LogP contribution in [0.25, 0.3) is 6.08 Å². The lowest BCUT2D eigenvalue weighted by Crippen LogP contribution is -2.30. The first-order valence-electron chi connectivity index (χ1n) is 9.19. The van der Waals surface area contributed by atoms with E-state index in [0.717, 1.165) is 16.0 Å². The van der Waals surface area contributed by atoms with Crippen molar-refractivity contribution in [1.82, 2.24) is 10.2 Å². The smallest absolute Gasteiger partial charge is 0.343 e. The Labute approximate surface area is 174 Å². The lowest BCUT2D eigenvalue weighted by molar-refractivity contribution is -0.142. The minimum Gasteiger partial charge on any atom is -0.493 e. The summed E-state index contributed by atoms with van der Waals surface area (Å²) in [6.45, 7) is 1.88. The highest BCUT2D eigenvalue weighted by atomic mass is 16.6. The van der Waals surface area contributed by atoms with Crippen LogP contribution in [-0.4, -0.2) is 43.6 Å². The van der Waals surface area contributed by atoms with E-state index in [1.807, 2.05) is 31.2 Å². The van der Waals surface area contributed by atoms with Gasteiger partial charge in [0.15, 0.2) is 18.1 Å². The number of esters is 1. The standard InChI is InChI=1S/C22H22N2O6/c1-14-5-4-6-16(9-14)12-24-21(26)17(23-22(24)27)10-15-7-8-18(19(11-15)28-2)30-13-20(25)29-3/h4-11H,12-13H2,1-3H3,(H,23,27)/b17-10+. The third-order valence-electron chi connectivity index (χ3n) is 4.46. The van der Waals surface area contributed by atoms with Crippen molar-refractivity contribution in [2.24, 2.45) is 0 Å². The topological polar surface area (TPSA) is 94.2 Å². The molecule has 0 saturated carbocycles.